The first-order chi connectivity index (χ1) is 7.50. The van der Waals surface area contributed by atoms with Crippen LogP contribution in [0.5, 0.6) is 0 Å². The first kappa shape index (κ1) is 1.51. The van der Waals surface area contributed by atoms with Gasteiger partial charge in [0.05, 0.1) is 4.11 Å². The maximum absolute atomic E-state index is 7.49. The van der Waals surface area contributed by atoms with Gasteiger partial charge >= 0.3 is 0 Å². The van der Waals surface area contributed by atoms with Crippen LogP contribution in [0.15, 0.2) is 18.3 Å². The average molecular weight is 130 g/mol. The number of aromatic nitrogens is 1. The highest BCUT2D eigenvalue weighted by atomic mass is 14.8. The quantitative estimate of drug-likeness (QED) is 0.621. The minimum Gasteiger partial charge on any atom is -0.384 e. The van der Waals surface area contributed by atoms with Crippen molar-refractivity contribution in [3.63, 3.8) is 0 Å². The third-order valence-electron chi connectivity index (χ3n) is 0.735. The van der Waals surface area contributed by atoms with Gasteiger partial charge in [-0.1, -0.05) is 6.85 Å². The van der Waals surface area contributed by atoms with Crippen LogP contribution in [0, 0.1) is 0 Å². The Balaban J connectivity index is 3.62. The van der Waals surface area contributed by atoms with E-state index in [0.29, 0.717) is 0 Å². The first-order valence-electron chi connectivity index (χ1n) is 6.24. The van der Waals surface area contributed by atoms with Gasteiger partial charge in [0.2, 0.25) is 0 Å². The lowest BCUT2D eigenvalue weighted by molar-refractivity contribution is 1.12. The van der Waals surface area contributed by atoms with Gasteiger partial charge in [0.15, 0.2) is 0 Å². The zero-order valence-electron chi connectivity index (χ0n) is 12.5. The Morgan fingerprint density at radius 1 is 2.11 bits per heavy atom. The van der Waals surface area contributed by atoms with Gasteiger partial charge in [-0.25, -0.2) is 4.98 Å². The van der Waals surface area contributed by atoms with Gasteiger partial charge in [-0.3, -0.25) is 0 Å². The first-order valence-corrected chi connectivity index (χ1v) is 2.24. The van der Waals surface area contributed by atoms with Crippen molar-refractivity contribution in [3.05, 3.63) is 23.8 Å². The number of anilines is 1. The minimum absolute atomic E-state index is 0.464. The van der Waals surface area contributed by atoms with Crippen molar-refractivity contribution in [1.29, 1.82) is 0 Å². The number of hydrogen-bond donors (Lipinski definition) is 1. The summed E-state index contributed by atoms with van der Waals surface area (Å²) in [5.41, 5.74) is 4.55. The van der Waals surface area contributed by atoms with Crippen LogP contribution in [0.4, 0.5) is 5.82 Å². The molecule has 9 heavy (non-hydrogen) atoms. The highest BCUT2D eigenvalue weighted by molar-refractivity contribution is 5.31. The van der Waals surface area contributed by atoms with Crippen LogP contribution in [0.25, 0.3) is 0 Å². The summed E-state index contributed by atoms with van der Waals surface area (Å²) in [7, 11) is 0. The molecule has 0 aromatic carbocycles. The maximum atomic E-state index is 7.49. The normalized spacial score (nSPS) is 25.3. The van der Waals surface area contributed by atoms with Crippen molar-refractivity contribution in [2.24, 2.45) is 0 Å². The predicted molar refractivity (Wildman–Crippen MR) is 38.0 cm³/mol. The van der Waals surface area contributed by atoms with Gasteiger partial charge in [-0.05, 0) is 24.0 Å². The Kier molecular flexibility index (Phi) is 0.417. The maximum Gasteiger partial charge on any atom is 0.123 e. The fraction of sp³-hybridized carbons (Fsp3) is 0.286. The molecule has 0 bridgehead atoms. The Bertz CT molecular complexity index is 426. The topological polar surface area (TPSA) is 38.9 Å². The Labute approximate surface area is 66.0 Å². The van der Waals surface area contributed by atoms with E-state index in [1.807, 2.05) is 0 Å². The number of pyridine rings is 1. The molecule has 2 nitrogen and oxygen atoms in total. The molecule has 0 saturated carbocycles. The van der Waals surface area contributed by atoms with Gasteiger partial charge in [0.1, 0.15) is 5.82 Å². The van der Waals surface area contributed by atoms with E-state index in [1.165, 1.54) is 0 Å². The summed E-state index contributed by atoms with van der Waals surface area (Å²) >= 11 is 0. The molecule has 0 aliphatic carbocycles. The van der Waals surface area contributed by atoms with Gasteiger partial charge in [-0.15, -0.1) is 0 Å². The number of hydrogen-bond acceptors (Lipinski definition) is 2. The van der Waals surface area contributed by atoms with Crippen molar-refractivity contribution in [2.75, 3.05) is 5.73 Å². The molecule has 0 saturated heterocycles. The van der Waals surface area contributed by atoms with E-state index in [1.54, 1.807) is 0 Å². The summed E-state index contributed by atoms with van der Waals surface area (Å²) in [5, 5.41) is 0. The van der Waals surface area contributed by atoms with Crippen molar-refractivity contribution in [2.45, 2.75) is 13.2 Å². The molecule has 0 fully saturated rings. The lowest BCUT2D eigenvalue weighted by atomic mass is 10.2. The van der Waals surface area contributed by atoms with Gasteiger partial charge in [-0.2, -0.15) is 0 Å². The fourth-order valence-corrected chi connectivity index (χ4v) is 0.394. The number of nitrogens with zero attached hydrogens (tertiary/aromatic N) is 1. The van der Waals surface area contributed by atoms with Gasteiger partial charge < -0.3 is 5.73 Å². The summed E-state index contributed by atoms with van der Waals surface area (Å²) in [6.45, 7) is -3.06. The van der Waals surface area contributed by atoms with Crippen molar-refractivity contribution in [3.8, 4) is 0 Å². The molecule has 2 heteroatoms. The van der Waals surface area contributed by atoms with Crippen LogP contribution in [-0.4, -0.2) is 4.98 Å². The summed E-state index contributed by atoms with van der Waals surface area (Å²) < 4.78 is 58.4. The summed E-state index contributed by atoms with van der Waals surface area (Å²) in [5.74, 6) is -0.464. The van der Waals surface area contributed by atoms with E-state index in [4.69, 9.17) is 16.7 Å². The third kappa shape index (κ3) is 1.42. The Morgan fingerprint density at radius 2 is 3.00 bits per heavy atom. The third-order valence-corrected chi connectivity index (χ3v) is 0.735. The van der Waals surface area contributed by atoms with Gasteiger partial charge in [0, 0.05) is 13.0 Å². The highest BCUT2D eigenvalue weighted by Gasteiger charge is 1.87. The number of nitrogen functional groups attached to an aromatic ring is 1. The SMILES string of the molecule is [2H]c1nc(N)c([2H])c(C([2H])([2H])C([2H])([2H])[2H])c1[2H]. The molecule has 1 aromatic rings. The van der Waals surface area contributed by atoms with Crippen molar-refractivity contribution in [1.82, 2.24) is 4.98 Å². The second-order valence-electron chi connectivity index (χ2n) is 1.36. The molecule has 0 aliphatic heterocycles. The molecule has 1 rings (SSSR count). The average Bonchev–Trinajstić information content (AvgIpc) is 2.13. The molecule has 0 unspecified atom stereocenters. The molecule has 2 N–H and O–H groups in total. The molecule has 0 radical (unpaired) electrons. The zero-order valence-corrected chi connectivity index (χ0v) is 4.52. The molecule has 1 aromatic heterocycles. The standard InChI is InChI=1S/C7H10N2/c1-2-6-3-4-9-7(8)5-6/h3-5H,2H2,1H3,(H2,8,9)/i1D3,2D2,3D,4D,5D. The predicted octanol–water partition coefficient (Wildman–Crippen LogP) is 1.23. The van der Waals surface area contributed by atoms with Crippen LogP contribution in [0.2, 0.25) is 0 Å². The second-order valence-corrected chi connectivity index (χ2v) is 1.36. The molecular weight excluding hydrogens is 112 g/mol. The van der Waals surface area contributed by atoms with E-state index in [-0.39, 0.29) is 0 Å². The molecule has 1 heterocycles. The fourth-order valence-electron chi connectivity index (χ4n) is 0.394. The monoisotopic (exact) mass is 130 g/mol. The number of nitrogens with two attached hydrogens (primary N) is 1. The van der Waals surface area contributed by atoms with Crippen molar-refractivity contribution < 1.29 is 11.0 Å². The van der Waals surface area contributed by atoms with E-state index >= 15 is 0 Å². The van der Waals surface area contributed by atoms with E-state index in [2.05, 4.69) is 4.98 Å². The Morgan fingerprint density at radius 3 is 3.78 bits per heavy atom. The number of rotatable bonds is 1. The van der Waals surface area contributed by atoms with Crippen LogP contribution < -0.4 is 5.73 Å². The smallest absolute Gasteiger partial charge is 0.123 e. The van der Waals surface area contributed by atoms with Crippen LogP contribution in [0.3, 0.4) is 0 Å². The van der Waals surface area contributed by atoms with Crippen molar-refractivity contribution >= 4 is 5.82 Å². The summed E-state index contributed by atoms with van der Waals surface area (Å²) in [6, 6.07) is -1.39. The van der Waals surface area contributed by atoms with E-state index < -0.39 is 42.9 Å². The molecule has 0 atom stereocenters. The summed E-state index contributed by atoms with van der Waals surface area (Å²) in [6.07, 6.45) is -3.57. The van der Waals surface area contributed by atoms with Crippen LogP contribution in [0.1, 0.15) is 23.4 Å². The highest BCUT2D eigenvalue weighted by Crippen LogP contribution is 2.02. The van der Waals surface area contributed by atoms with Crippen LogP contribution >= 0.6 is 0 Å². The zero-order chi connectivity index (χ0) is 13.6. The lowest BCUT2D eigenvalue weighted by Crippen LogP contribution is -1.90. The Hall–Kier alpha value is -1.05. The van der Waals surface area contributed by atoms with E-state index in [0.717, 1.165) is 0 Å². The largest absolute Gasteiger partial charge is 0.384 e. The van der Waals surface area contributed by atoms with E-state index in [9.17, 15) is 0 Å². The minimum atomic E-state index is -3.06. The second kappa shape index (κ2) is 2.49. The molecular formula is C7H10N2. The lowest BCUT2D eigenvalue weighted by Gasteiger charge is -1.94. The van der Waals surface area contributed by atoms with Crippen LogP contribution in [-0.2, 0) is 6.37 Å². The molecule has 0 amide bonds. The molecule has 0 aliphatic rings. The summed E-state index contributed by atoms with van der Waals surface area (Å²) in [4.78, 5) is 3.35. The molecule has 48 valence electrons. The molecule has 0 spiro atoms. The van der Waals surface area contributed by atoms with Gasteiger partial charge in [0.25, 0.3) is 0 Å².